The number of carbonyl (C=O) groups is 1. The molecule has 3 rings (SSSR count). The molecule has 0 saturated carbocycles. The minimum absolute atomic E-state index is 0.0376. The topological polar surface area (TPSA) is 61.8 Å². The Labute approximate surface area is 202 Å². The van der Waals surface area contributed by atoms with E-state index in [9.17, 15) is 4.79 Å². The number of nitrogens with one attached hydrogen (secondary N) is 1. The second-order valence-corrected chi connectivity index (χ2v) is 8.67. The Kier molecular flexibility index (Phi) is 9.02. The van der Waals surface area contributed by atoms with Gasteiger partial charge in [0.15, 0.2) is 5.78 Å². The number of allylic oxidation sites excluding steroid dienone is 1. The second-order valence-electron chi connectivity index (χ2n) is 8.67. The molecule has 0 aliphatic rings. The van der Waals surface area contributed by atoms with Crippen molar-refractivity contribution in [3.63, 3.8) is 0 Å². The van der Waals surface area contributed by atoms with Gasteiger partial charge in [-0.25, -0.2) is 0 Å². The van der Waals surface area contributed by atoms with Gasteiger partial charge in [-0.15, -0.1) is 0 Å². The van der Waals surface area contributed by atoms with Gasteiger partial charge in [-0.3, -0.25) is 4.79 Å². The molecule has 0 aliphatic heterocycles. The van der Waals surface area contributed by atoms with E-state index in [4.69, 9.17) is 9.84 Å². The number of aliphatic hydroxyl groups excluding tert-OH is 1. The lowest BCUT2D eigenvalue weighted by molar-refractivity contribution is 0.104. The predicted octanol–water partition coefficient (Wildman–Crippen LogP) is 5.21. The SMILES string of the molecule is Cc1cc(C)cc(-c2ccc(OCCN(C)C)c(C(=O)/C=C/c3ccccc3NCCO)c2)c1. The van der Waals surface area contributed by atoms with Gasteiger partial charge >= 0.3 is 0 Å². The molecule has 3 aromatic rings. The number of likely N-dealkylation sites (N-methyl/N-ethyl adjacent to an activating group) is 1. The van der Waals surface area contributed by atoms with E-state index in [1.165, 1.54) is 11.1 Å². The summed E-state index contributed by atoms with van der Waals surface area (Å²) in [7, 11) is 3.98. The van der Waals surface area contributed by atoms with Crippen molar-refractivity contribution >= 4 is 17.5 Å². The molecule has 34 heavy (non-hydrogen) atoms. The van der Waals surface area contributed by atoms with Gasteiger partial charge in [-0.1, -0.05) is 53.6 Å². The first-order valence-electron chi connectivity index (χ1n) is 11.5. The summed E-state index contributed by atoms with van der Waals surface area (Å²) in [6, 6.07) is 19.9. The van der Waals surface area contributed by atoms with Gasteiger partial charge in [0.1, 0.15) is 12.4 Å². The summed E-state index contributed by atoms with van der Waals surface area (Å²) >= 11 is 0. The average molecular weight is 459 g/mol. The minimum atomic E-state index is -0.122. The molecular formula is C29H34N2O3. The van der Waals surface area contributed by atoms with E-state index in [0.717, 1.165) is 28.9 Å². The molecule has 0 spiro atoms. The van der Waals surface area contributed by atoms with Crippen molar-refractivity contribution in [3.05, 3.63) is 89.0 Å². The number of anilines is 1. The van der Waals surface area contributed by atoms with Crippen molar-refractivity contribution in [1.29, 1.82) is 0 Å². The third-order valence-electron chi connectivity index (χ3n) is 5.40. The van der Waals surface area contributed by atoms with E-state index < -0.39 is 0 Å². The highest BCUT2D eigenvalue weighted by Crippen LogP contribution is 2.29. The van der Waals surface area contributed by atoms with Gasteiger partial charge in [0, 0.05) is 18.8 Å². The van der Waals surface area contributed by atoms with E-state index in [1.54, 1.807) is 12.2 Å². The fraction of sp³-hybridized carbons (Fsp3) is 0.276. The summed E-state index contributed by atoms with van der Waals surface area (Å²) in [5.74, 6) is 0.458. The molecule has 0 saturated heterocycles. The van der Waals surface area contributed by atoms with Crippen LogP contribution >= 0.6 is 0 Å². The van der Waals surface area contributed by atoms with Crippen molar-refractivity contribution in [2.24, 2.45) is 0 Å². The molecule has 5 nitrogen and oxygen atoms in total. The Balaban J connectivity index is 1.94. The molecule has 3 aromatic carbocycles. The Morgan fingerprint density at radius 3 is 2.44 bits per heavy atom. The van der Waals surface area contributed by atoms with E-state index in [0.29, 0.717) is 24.5 Å². The molecule has 0 heterocycles. The number of hydrogen-bond donors (Lipinski definition) is 2. The summed E-state index contributed by atoms with van der Waals surface area (Å²) in [6.07, 6.45) is 3.38. The molecule has 0 aromatic heterocycles. The van der Waals surface area contributed by atoms with E-state index in [-0.39, 0.29) is 12.4 Å². The summed E-state index contributed by atoms with van der Waals surface area (Å²) in [4.78, 5) is 15.4. The number of aliphatic hydroxyl groups is 1. The summed E-state index contributed by atoms with van der Waals surface area (Å²) in [6.45, 7) is 5.88. The first-order chi connectivity index (χ1) is 16.4. The van der Waals surface area contributed by atoms with Crippen LogP contribution in [0.3, 0.4) is 0 Å². The molecule has 2 N–H and O–H groups in total. The maximum atomic E-state index is 13.3. The Bertz CT molecular complexity index is 1130. The monoisotopic (exact) mass is 458 g/mol. The summed E-state index contributed by atoms with van der Waals surface area (Å²) in [5, 5.41) is 12.3. The van der Waals surface area contributed by atoms with Gasteiger partial charge in [0.25, 0.3) is 0 Å². The molecule has 0 unspecified atom stereocenters. The maximum absolute atomic E-state index is 13.3. The first-order valence-corrected chi connectivity index (χ1v) is 11.5. The number of ketones is 1. The average Bonchev–Trinajstić information content (AvgIpc) is 2.81. The predicted molar refractivity (Wildman–Crippen MR) is 141 cm³/mol. The van der Waals surface area contributed by atoms with Crippen LogP contribution in [0.5, 0.6) is 5.75 Å². The summed E-state index contributed by atoms with van der Waals surface area (Å²) in [5.41, 5.74) is 6.70. The number of rotatable bonds is 11. The van der Waals surface area contributed by atoms with Crippen molar-refractivity contribution < 1.29 is 14.6 Å². The molecule has 5 heteroatoms. The van der Waals surface area contributed by atoms with Crippen molar-refractivity contribution in [3.8, 4) is 16.9 Å². The molecule has 0 bridgehead atoms. The van der Waals surface area contributed by atoms with Crippen LogP contribution in [0, 0.1) is 13.8 Å². The number of benzene rings is 3. The first kappa shape index (κ1) is 25.2. The third kappa shape index (κ3) is 7.04. The number of para-hydroxylation sites is 1. The lowest BCUT2D eigenvalue weighted by Gasteiger charge is -2.15. The van der Waals surface area contributed by atoms with E-state index in [2.05, 4.69) is 37.4 Å². The number of ether oxygens (including phenoxy) is 1. The quantitative estimate of drug-likeness (QED) is 0.305. The smallest absolute Gasteiger partial charge is 0.189 e. The minimum Gasteiger partial charge on any atom is -0.491 e. The zero-order chi connectivity index (χ0) is 24.5. The second kappa shape index (κ2) is 12.2. The Hall–Kier alpha value is -3.41. The number of nitrogens with zero attached hydrogens (tertiary/aromatic N) is 1. The zero-order valence-corrected chi connectivity index (χ0v) is 20.5. The lowest BCUT2D eigenvalue weighted by atomic mass is 9.97. The van der Waals surface area contributed by atoms with Crippen molar-refractivity contribution in [1.82, 2.24) is 4.90 Å². The lowest BCUT2D eigenvalue weighted by Crippen LogP contribution is -2.20. The van der Waals surface area contributed by atoms with Gasteiger partial charge in [0.2, 0.25) is 0 Å². The van der Waals surface area contributed by atoms with Gasteiger partial charge in [-0.2, -0.15) is 0 Å². The van der Waals surface area contributed by atoms with Crippen LogP contribution < -0.4 is 10.1 Å². The van der Waals surface area contributed by atoms with Crippen LogP contribution in [0.25, 0.3) is 17.2 Å². The van der Waals surface area contributed by atoms with Crippen LogP contribution in [-0.4, -0.2) is 56.2 Å². The third-order valence-corrected chi connectivity index (χ3v) is 5.40. The highest BCUT2D eigenvalue weighted by atomic mass is 16.5. The van der Waals surface area contributed by atoms with E-state index in [1.807, 2.05) is 61.5 Å². The summed E-state index contributed by atoms with van der Waals surface area (Å²) < 4.78 is 6.00. The fourth-order valence-electron chi connectivity index (χ4n) is 3.76. The normalized spacial score (nSPS) is 11.2. The van der Waals surface area contributed by atoms with Crippen LogP contribution in [0.2, 0.25) is 0 Å². The molecular weight excluding hydrogens is 424 g/mol. The van der Waals surface area contributed by atoms with Crippen LogP contribution in [0.4, 0.5) is 5.69 Å². The molecule has 0 fully saturated rings. The molecule has 0 radical (unpaired) electrons. The maximum Gasteiger partial charge on any atom is 0.189 e. The van der Waals surface area contributed by atoms with Crippen molar-refractivity contribution in [2.45, 2.75) is 13.8 Å². The molecule has 0 aliphatic carbocycles. The Morgan fingerprint density at radius 1 is 1.00 bits per heavy atom. The van der Waals surface area contributed by atoms with Crippen LogP contribution in [0.15, 0.2) is 66.7 Å². The fourth-order valence-corrected chi connectivity index (χ4v) is 3.76. The number of hydrogen-bond acceptors (Lipinski definition) is 5. The number of aryl methyl sites for hydroxylation is 2. The van der Waals surface area contributed by atoms with Gasteiger partial charge in [-0.05, 0) is 75.0 Å². The van der Waals surface area contributed by atoms with E-state index >= 15 is 0 Å². The molecule has 0 atom stereocenters. The highest BCUT2D eigenvalue weighted by molar-refractivity contribution is 6.09. The van der Waals surface area contributed by atoms with Crippen molar-refractivity contribution in [2.75, 3.05) is 45.7 Å². The molecule has 0 amide bonds. The standard InChI is InChI=1S/C29H34N2O3/c1-21-17-22(2)19-25(18-21)24-10-12-29(34-16-14-31(3)4)26(20-24)28(33)11-9-23-7-5-6-8-27(23)30-13-15-32/h5-12,17-20,30,32H,13-16H2,1-4H3/b11-9+. The molecule has 178 valence electrons. The zero-order valence-electron chi connectivity index (χ0n) is 20.5. The van der Waals surface area contributed by atoms with Crippen LogP contribution in [0.1, 0.15) is 27.0 Å². The van der Waals surface area contributed by atoms with Crippen LogP contribution in [-0.2, 0) is 0 Å². The largest absolute Gasteiger partial charge is 0.491 e. The van der Waals surface area contributed by atoms with Gasteiger partial charge in [0.05, 0.1) is 12.2 Å². The Morgan fingerprint density at radius 2 is 1.74 bits per heavy atom. The number of carbonyl (C=O) groups excluding carboxylic acids is 1. The van der Waals surface area contributed by atoms with Gasteiger partial charge < -0.3 is 20.1 Å². The highest BCUT2D eigenvalue weighted by Gasteiger charge is 2.13.